The Bertz CT molecular complexity index is 1570. The van der Waals surface area contributed by atoms with E-state index in [0.29, 0.717) is 24.9 Å². The van der Waals surface area contributed by atoms with Crippen LogP contribution < -0.4 is 16.6 Å². The lowest BCUT2D eigenvalue weighted by molar-refractivity contribution is -0.145. The highest BCUT2D eigenvalue weighted by molar-refractivity contribution is 5.84. The number of phenols is 1. The van der Waals surface area contributed by atoms with Crippen molar-refractivity contribution >= 4 is 22.9 Å². The van der Waals surface area contributed by atoms with Crippen LogP contribution in [0, 0.1) is 13.8 Å². The highest BCUT2D eigenvalue weighted by atomic mass is 16.5. The summed E-state index contributed by atoms with van der Waals surface area (Å²) in [5, 5.41) is 12.2. The summed E-state index contributed by atoms with van der Waals surface area (Å²) >= 11 is 0. The number of esters is 1. The molecule has 11 nitrogen and oxygen atoms in total. The van der Waals surface area contributed by atoms with E-state index in [-0.39, 0.29) is 36.0 Å². The van der Waals surface area contributed by atoms with Crippen LogP contribution >= 0.6 is 0 Å². The number of benzene rings is 2. The van der Waals surface area contributed by atoms with Gasteiger partial charge < -0.3 is 19.7 Å². The Morgan fingerprint density at radius 1 is 1.08 bits per heavy atom. The largest absolute Gasteiger partial charge is 0.508 e. The van der Waals surface area contributed by atoms with Gasteiger partial charge in [-0.2, -0.15) is 4.98 Å². The number of aromatic nitrogens is 4. The molecule has 2 aromatic carbocycles. The Morgan fingerprint density at radius 2 is 1.79 bits per heavy atom. The maximum absolute atomic E-state index is 12.7. The SMILES string of the molecule is COC(=O)C(Cc1ccc(O)cc1)NC(=O)CCCCn1c2nc(=O)[nH]c(=O)c-2nc2cc(C)c(C)cc21. The summed E-state index contributed by atoms with van der Waals surface area (Å²) in [6, 6.07) is 9.34. The van der Waals surface area contributed by atoms with Crippen molar-refractivity contribution in [3.8, 4) is 17.3 Å². The molecule has 0 aliphatic carbocycles. The van der Waals surface area contributed by atoms with Gasteiger partial charge in [0.25, 0.3) is 5.56 Å². The van der Waals surface area contributed by atoms with Gasteiger partial charge in [0.1, 0.15) is 11.8 Å². The number of nitrogens with zero attached hydrogens (tertiary/aromatic N) is 3. The molecule has 198 valence electrons. The number of amides is 1. The molecule has 0 fully saturated rings. The molecule has 1 atom stereocenters. The Kier molecular flexibility index (Phi) is 7.85. The van der Waals surface area contributed by atoms with Gasteiger partial charge in [0.2, 0.25) is 5.91 Å². The molecule has 2 heterocycles. The van der Waals surface area contributed by atoms with Crippen LogP contribution in [0.15, 0.2) is 46.0 Å². The van der Waals surface area contributed by atoms with E-state index in [0.717, 1.165) is 22.2 Å². The van der Waals surface area contributed by atoms with E-state index in [9.17, 15) is 24.3 Å². The molecule has 0 saturated heterocycles. The standard InChI is InChI=1S/C27H29N5O6/c1-15-12-19-21(13-16(15)2)32(24-23(29-19)25(35)31-27(37)30-24)11-5-4-6-22(34)28-20(26(36)38-3)14-17-7-9-18(33)10-8-17/h7-10,12-13,20,33H,4-6,11,14H2,1-3H3,(H,28,34)(H,31,35,37). The molecule has 2 aliphatic rings. The number of methoxy groups -OCH3 is 1. The number of carbonyl (C=O) groups is 2. The number of hydrogen-bond donors (Lipinski definition) is 3. The zero-order chi connectivity index (χ0) is 27.4. The molecule has 0 spiro atoms. The van der Waals surface area contributed by atoms with Crippen LogP contribution in [0.4, 0.5) is 0 Å². The molecule has 0 saturated carbocycles. The summed E-state index contributed by atoms with van der Waals surface area (Å²) in [6.07, 6.45) is 1.40. The third kappa shape index (κ3) is 5.88. The van der Waals surface area contributed by atoms with Crippen molar-refractivity contribution in [2.24, 2.45) is 0 Å². The lowest BCUT2D eigenvalue weighted by Gasteiger charge is -2.18. The average Bonchev–Trinajstić information content (AvgIpc) is 2.88. The zero-order valence-electron chi connectivity index (χ0n) is 21.4. The van der Waals surface area contributed by atoms with Crippen LogP contribution in [0.25, 0.3) is 22.6 Å². The molecule has 0 radical (unpaired) electrons. The van der Waals surface area contributed by atoms with Crippen molar-refractivity contribution in [1.29, 1.82) is 0 Å². The van der Waals surface area contributed by atoms with Gasteiger partial charge in [0.05, 0.1) is 18.1 Å². The fourth-order valence-electron chi connectivity index (χ4n) is 4.30. The smallest absolute Gasteiger partial charge is 0.349 e. The van der Waals surface area contributed by atoms with Crippen LogP contribution in [0.2, 0.25) is 0 Å². The molecule has 4 rings (SSSR count). The first-order valence-electron chi connectivity index (χ1n) is 12.2. The van der Waals surface area contributed by atoms with Crippen LogP contribution in [0.5, 0.6) is 5.75 Å². The monoisotopic (exact) mass is 519 g/mol. The summed E-state index contributed by atoms with van der Waals surface area (Å²) in [5.41, 5.74) is 2.89. The number of H-pyrrole nitrogens is 1. The predicted molar refractivity (Wildman–Crippen MR) is 140 cm³/mol. The number of aryl methyl sites for hydroxylation is 3. The number of unbranched alkanes of at least 4 members (excludes halogenated alkanes) is 1. The first-order chi connectivity index (χ1) is 18.2. The number of fused-ring (bicyclic) bond motifs is 2. The number of hydrogen-bond acceptors (Lipinski definition) is 8. The predicted octanol–water partition coefficient (Wildman–Crippen LogP) is 1.98. The Balaban J connectivity index is 1.47. The highest BCUT2D eigenvalue weighted by Gasteiger charge is 2.22. The molecular weight excluding hydrogens is 490 g/mol. The van der Waals surface area contributed by atoms with Crippen molar-refractivity contribution < 1.29 is 19.4 Å². The maximum atomic E-state index is 12.7. The molecule has 11 heteroatoms. The molecule has 0 aromatic heterocycles. The van der Waals surface area contributed by atoms with Gasteiger partial charge in [-0.05, 0) is 67.6 Å². The molecule has 3 N–H and O–H groups in total. The van der Waals surface area contributed by atoms with Gasteiger partial charge in [-0.15, -0.1) is 0 Å². The Hall–Kier alpha value is -4.54. The lowest BCUT2D eigenvalue weighted by atomic mass is 10.1. The van der Waals surface area contributed by atoms with Gasteiger partial charge in [-0.25, -0.2) is 14.6 Å². The molecule has 38 heavy (non-hydrogen) atoms. The van der Waals surface area contributed by atoms with Crippen molar-refractivity contribution in [2.75, 3.05) is 7.11 Å². The summed E-state index contributed by atoms with van der Waals surface area (Å²) < 4.78 is 6.63. The number of aromatic amines is 1. The average molecular weight is 520 g/mol. The first-order valence-corrected chi connectivity index (χ1v) is 12.2. The van der Waals surface area contributed by atoms with Gasteiger partial charge in [0.15, 0.2) is 11.5 Å². The molecule has 0 bridgehead atoms. The third-order valence-electron chi connectivity index (χ3n) is 6.46. The zero-order valence-corrected chi connectivity index (χ0v) is 21.4. The van der Waals surface area contributed by atoms with E-state index in [1.807, 2.05) is 26.0 Å². The minimum Gasteiger partial charge on any atom is -0.508 e. The number of rotatable bonds is 9. The van der Waals surface area contributed by atoms with E-state index in [4.69, 9.17) is 4.74 Å². The topological polar surface area (TPSA) is 156 Å². The second-order valence-corrected chi connectivity index (χ2v) is 9.20. The van der Waals surface area contributed by atoms with Crippen LogP contribution in [-0.4, -0.2) is 49.7 Å². The number of nitrogens with one attached hydrogen (secondary N) is 2. The number of aromatic hydroxyl groups is 1. The lowest BCUT2D eigenvalue weighted by Crippen LogP contribution is -2.43. The highest BCUT2D eigenvalue weighted by Crippen LogP contribution is 2.24. The van der Waals surface area contributed by atoms with E-state index < -0.39 is 23.3 Å². The van der Waals surface area contributed by atoms with E-state index in [1.54, 1.807) is 16.7 Å². The van der Waals surface area contributed by atoms with E-state index in [2.05, 4.69) is 20.3 Å². The fourth-order valence-corrected chi connectivity index (χ4v) is 4.30. The van der Waals surface area contributed by atoms with E-state index >= 15 is 0 Å². The van der Waals surface area contributed by atoms with Crippen LogP contribution in [-0.2, 0) is 27.3 Å². The van der Waals surface area contributed by atoms with Crippen LogP contribution in [0.3, 0.4) is 0 Å². The Labute approximate surface area is 217 Å². The van der Waals surface area contributed by atoms with Crippen LogP contribution in [0.1, 0.15) is 36.0 Å². The summed E-state index contributed by atoms with van der Waals surface area (Å²) in [4.78, 5) is 59.9. The molecular formula is C27H29N5O6. The quantitative estimate of drug-likeness (QED) is 0.172. The summed E-state index contributed by atoms with van der Waals surface area (Å²) in [7, 11) is 1.26. The minimum atomic E-state index is -0.864. The summed E-state index contributed by atoms with van der Waals surface area (Å²) in [5.74, 6) is -0.571. The fraction of sp³-hybridized carbons (Fsp3) is 0.333. The van der Waals surface area contributed by atoms with Crippen molar-refractivity contribution in [3.63, 3.8) is 0 Å². The van der Waals surface area contributed by atoms with Gasteiger partial charge >= 0.3 is 11.7 Å². The number of phenolic OH excluding ortho intramolecular Hbond substituents is 1. The van der Waals surface area contributed by atoms with Gasteiger partial charge in [-0.3, -0.25) is 14.6 Å². The third-order valence-corrected chi connectivity index (χ3v) is 6.46. The summed E-state index contributed by atoms with van der Waals surface area (Å²) in [6.45, 7) is 4.32. The molecule has 1 amide bonds. The van der Waals surface area contributed by atoms with Gasteiger partial charge in [-0.1, -0.05) is 12.1 Å². The molecule has 2 aliphatic heterocycles. The number of ether oxygens (including phenoxy) is 1. The van der Waals surface area contributed by atoms with E-state index in [1.165, 1.54) is 19.2 Å². The van der Waals surface area contributed by atoms with Gasteiger partial charge in [0, 0.05) is 19.4 Å². The first kappa shape index (κ1) is 26.5. The Morgan fingerprint density at radius 3 is 2.50 bits per heavy atom. The second-order valence-electron chi connectivity index (χ2n) is 9.20. The minimum absolute atomic E-state index is 0.0771. The van der Waals surface area contributed by atoms with Crippen molar-refractivity contribution in [1.82, 2.24) is 24.8 Å². The normalized spacial score (nSPS) is 12.0. The molecule has 2 aromatic rings. The maximum Gasteiger partial charge on any atom is 0.349 e. The second kappa shape index (κ2) is 11.2. The van der Waals surface area contributed by atoms with Crippen molar-refractivity contribution in [2.45, 2.75) is 52.1 Å². The molecule has 1 unspecified atom stereocenters. The number of carbonyl (C=O) groups excluding carboxylic acids is 2. The van der Waals surface area contributed by atoms with Crippen molar-refractivity contribution in [3.05, 3.63) is 73.9 Å².